The van der Waals surface area contributed by atoms with E-state index in [1.807, 2.05) is 0 Å². The number of hydrogen-bond donors (Lipinski definition) is 0. The maximum Gasteiger partial charge on any atom is -0.00531 e. The van der Waals surface area contributed by atoms with Crippen LogP contribution in [0.4, 0.5) is 0 Å². The molecular formula is C22H38. The van der Waals surface area contributed by atoms with Crippen molar-refractivity contribution in [3.8, 4) is 0 Å². The van der Waals surface area contributed by atoms with Crippen LogP contribution < -0.4 is 0 Å². The summed E-state index contributed by atoms with van der Waals surface area (Å²) in [5.74, 6) is 3.52. The van der Waals surface area contributed by atoms with Gasteiger partial charge in [0, 0.05) is 0 Å². The van der Waals surface area contributed by atoms with E-state index in [2.05, 4.69) is 38.2 Å². The molecular weight excluding hydrogens is 264 g/mol. The molecule has 0 aliphatic heterocycles. The predicted octanol–water partition coefficient (Wildman–Crippen LogP) is 7.31. The monoisotopic (exact) mass is 302 g/mol. The van der Waals surface area contributed by atoms with Gasteiger partial charge in [-0.2, -0.15) is 0 Å². The summed E-state index contributed by atoms with van der Waals surface area (Å²) in [6.45, 7) is 4.63. The highest BCUT2D eigenvalue weighted by Crippen LogP contribution is 2.33. The zero-order valence-corrected chi connectivity index (χ0v) is 15.1. The lowest BCUT2D eigenvalue weighted by Crippen LogP contribution is -2.13. The molecule has 0 heterocycles. The van der Waals surface area contributed by atoms with Crippen LogP contribution in [0.5, 0.6) is 0 Å². The van der Waals surface area contributed by atoms with E-state index >= 15 is 0 Å². The molecule has 2 aliphatic carbocycles. The Bertz CT molecular complexity index is 330. The molecule has 0 aromatic heterocycles. The summed E-state index contributed by atoms with van der Waals surface area (Å²) in [5.41, 5.74) is 0. The van der Waals surface area contributed by atoms with Crippen molar-refractivity contribution in [2.45, 2.75) is 90.9 Å². The lowest BCUT2D eigenvalue weighted by atomic mass is 9.79. The second kappa shape index (κ2) is 10.3. The summed E-state index contributed by atoms with van der Waals surface area (Å²) in [4.78, 5) is 0. The van der Waals surface area contributed by atoms with Crippen LogP contribution >= 0.6 is 0 Å². The van der Waals surface area contributed by atoms with E-state index in [1.165, 1.54) is 77.0 Å². The largest absolute Gasteiger partial charge is 0.0848 e. The Morgan fingerprint density at radius 2 is 1.59 bits per heavy atom. The SMILES string of the molecule is CCCCCC1C=CC(/C=C/C2CCC(CCC)CC2)CC1. The highest BCUT2D eigenvalue weighted by molar-refractivity contribution is 5.07. The number of unbranched alkanes of at least 4 members (excludes halogenated alkanes) is 2. The van der Waals surface area contributed by atoms with Crippen LogP contribution in [0.3, 0.4) is 0 Å². The smallest absolute Gasteiger partial charge is 0.00531 e. The van der Waals surface area contributed by atoms with Gasteiger partial charge in [-0.1, -0.05) is 70.3 Å². The van der Waals surface area contributed by atoms with Gasteiger partial charge in [0.1, 0.15) is 0 Å². The third kappa shape index (κ3) is 6.31. The molecule has 2 rings (SSSR count). The van der Waals surface area contributed by atoms with Crippen molar-refractivity contribution in [2.24, 2.45) is 23.7 Å². The molecule has 22 heavy (non-hydrogen) atoms. The van der Waals surface area contributed by atoms with E-state index in [0.717, 1.165) is 23.7 Å². The molecule has 1 saturated carbocycles. The first-order valence-electron chi connectivity index (χ1n) is 10.2. The molecule has 0 amide bonds. The van der Waals surface area contributed by atoms with Crippen molar-refractivity contribution in [3.05, 3.63) is 24.3 Å². The molecule has 2 atom stereocenters. The normalized spacial score (nSPS) is 32.6. The standard InChI is InChI=1S/C22H38/c1-3-5-6-8-20-11-15-22(16-12-20)18-17-21-13-9-19(7-4-2)10-14-21/h11,15,17-22H,3-10,12-14,16H2,1-2H3/b18-17+. The van der Waals surface area contributed by atoms with E-state index in [-0.39, 0.29) is 0 Å². The molecule has 0 N–H and O–H groups in total. The molecule has 0 aromatic rings. The molecule has 0 spiro atoms. The number of hydrogen-bond acceptors (Lipinski definition) is 0. The van der Waals surface area contributed by atoms with Crippen LogP contribution in [-0.2, 0) is 0 Å². The van der Waals surface area contributed by atoms with Crippen LogP contribution in [0.1, 0.15) is 90.9 Å². The van der Waals surface area contributed by atoms with E-state index in [4.69, 9.17) is 0 Å². The topological polar surface area (TPSA) is 0 Å². The van der Waals surface area contributed by atoms with Gasteiger partial charge in [0.2, 0.25) is 0 Å². The van der Waals surface area contributed by atoms with Crippen LogP contribution in [0.15, 0.2) is 24.3 Å². The van der Waals surface area contributed by atoms with Crippen molar-refractivity contribution >= 4 is 0 Å². The van der Waals surface area contributed by atoms with Gasteiger partial charge in [-0.3, -0.25) is 0 Å². The van der Waals surface area contributed by atoms with Crippen LogP contribution in [0.25, 0.3) is 0 Å². The maximum atomic E-state index is 2.56. The summed E-state index contributed by atoms with van der Waals surface area (Å²) >= 11 is 0. The van der Waals surface area contributed by atoms with Crippen molar-refractivity contribution < 1.29 is 0 Å². The molecule has 126 valence electrons. The summed E-state index contributed by atoms with van der Waals surface area (Å²) in [7, 11) is 0. The number of rotatable bonds is 8. The van der Waals surface area contributed by atoms with Gasteiger partial charge in [0.05, 0.1) is 0 Å². The minimum atomic E-state index is 0.732. The quantitative estimate of drug-likeness (QED) is 0.325. The molecule has 0 nitrogen and oxygen atoms in total. The van der Waals surface area contributed by atoms with Gasteiger partial charge in [-0.25, -0.2) is 0 Å². The molecule has 0 heteroatoms. The Labute approximate surface area is 139 Å². The Kier molecular flexibility index (Phi) is 8.34. The summed E-state index contributed by atoms with van der Waals surface area (Å²) in [6, 6.07) is 0. The molecule has 2 aliphatic rings. The van der Waals surface area contributed by atoms with Gasteiger partial charge < -0.3 is 0 Å². The summed E-state index contributed by atoms with van der Waals surface area (Å²) in [5, 5.41) is 0. The highest BCUT2D eigenvalue weighted by atomic mass is 14.2. The first-order chi connectivity index (χ1) is 10.8. The van der Waals surface area contributed by atoms with E-state index in [1.54, 1.807) is 0 Å². The Morgan fingerprint density at radius 1 is 0.773 bits per heavy atom. The molecule has 0 bridgehead atoms. The zero-order chi connectivity index (χ0) is 15.6. The van der Waals surface area contributed by atoms with Crippen molar-refractivity contribution in [2.75, 3.05) is 0 Å². The highest BCUT2D eigenvalue weighted by Gasteiger charge is 2.19. The number of allylic oxidation sites excluding steroid dienone is 4. The lowest BCUT2D eigenvalue weighted by molar-refractivity contribution is 0.293. The van der Waals surface area contributed by atoms with Gasteiger partial charge >= 0.3 is 0 Å². The third-order valence-electron chi connectivity index (χ3n) is 5.90. The average Bonchev–Trinajstić information content (AvgIpc) is 2.56. The first-order valence-corrected chi connectivity index (χ1v) is 10.2. The Hall–Kier alpha value is -0.520. The minimum absolute atomic E-state index is 0.732. The van der Waals surface area contributed by atoms with Crippen LogP contribution in [0.2, 0.25) is 0 Å². The zero-order valence-electron chi connectivity index (χ0n) is 15.1. The molecule has 0 aromatic carbocycles. The molecule has 2 unspecified atom stereocenters. The minimum Gasteiger partial charge on any atom is -0.0848 e. The molecule has 1 fully saturated rings. The maximum absolute atomic E-state index is 2.56. The predicted molar refractivity (Wildman–Crippen MR) is 99.0 cm³/mol. The van der Waals surface area contributed by atoms with Gasteiger partial charge in [0.25, 0.3) is 0 Å². The van der Waals surface area contributed by atoms with Gasteiger partial charge in [-0.05, 0) is 68.6 Å². The molecule has 0 saturated heterocycles. The third-order valence-corrected chi connectivity index (χ3v) is 5.90. The average molecular weight is 303 g/mol. The fraction of sp³-hybridized carbons (Fsp3) is 0.818. The lowest BCUT2D eigenvalue weighted by Gasteiger charge is -2.27. The van der Waals surface area contributed by atoms with Crippen molar-refractivity contribution in [1.29, 1.82) is 0 Å². The van der Waals surface area contributed by atoms with Gasteiger partial charge in [-0.15, -0.1) is 0 Å². The second-order valence-corrected chi connectivity index (χ2v) is 7.84. The van der Waals surface area contributed by atoms with E-state index in [9.17, 15) is 0 Å². The fourth-order valence-electron chi connectivity index (χ4n) is 4.33. The van der Waals surface area contributed by atoms with E-state index in [0.29, 0.717) is 0 Å². The first kappa shape index (κ1) is 17.8. The van der Waals surface area contributed by atoms with E-state index < -0.39 is 0 Å². The van der Waals surface area contributed by atoms with Gasteiger partial charge in [0.15, 0.2) is 0 Å². The Balaban J connectivity index is 1.66. The van der Waals surface area contributed by atoms with Crippen molar-refractivity contribution in [3.63, 3.8) is 0 Å². The van der Waals surface area contributed by atoms with Crippen LogP contribution in [-0.4, -0.2) is 0 Å². The van der Waals surface area contributed by atoms with Crippen molar-refractivity contribution in [1.82, 2.24) is 0 Å². The second-order valence-electron chi connectivity index (χ2n) is 7.84. The summed E-state index contributed by atoms with van der Waals surface area (Å²) < 4.78 is 0. The summed E-state index contributed by atoms with van der Waals surface area (Å²) in [6.07, 6.45) is 27.2. The Morgan fingerprint density at radius 3 is 2.23 bits per heavy atom. The van der Waals surface area contributed by atoms with Crippen LogP contribution in [0, 0.1) is 23.7 Å². The fourth-order valence-corrected chi connectivity index (χ4v) is 4.33. The molecule has 0 radical (unpaired) electrons.